The van der Waals surface area contributed by atoms with Crippen molar-refractivity contribution in [3.8, 4) is 0 Å². The zero-order valence-electron chi connectivity index (χ0n) is 65.5. The minimum Gasteiger partial charge on any atom is -0.0776 e. The highest BCUT2D eigenvalue weighted by atomic mass is 14.5. The van der Waals surface area contributed by atoms with Gasteiger partial charge in [0.15, 0.2) is 0 Å². The van der Waals surface area contributed by atoms with Crippen molar-refractivity contribution in [2.75, 3.05) is 0 Å². The van der Waals surface area contributed by atoms with Crippen molar-refractivity contribution in [2.45, 2.75) is 484 Å². The molecular weight excluding hydrogens is 1170 g/mol. The van der Waals surface area contributed by atoms with Crippen LogP contribution >= 0.6 is 0 Å². The van der Waals surface area contributed by atoms with E-state index < -0.39 is 0 Å². The highest BCUT2D eigenvalue weighted by Crippen LogP contribution is 2.61. The van der Waals surface area contributed by atoms with E-state index in [4.69, 9.17) is 0 Å². The average Bonchev–Trinajstić information content (AvgIpc) is 1.63. The summed E-state index contributed by atoms with van der Waals surface area (Å²) < 4.78 is 0. The molecule has 0 aliphatic heterocycles. The first-order valence-corrected chi connectivity index (χ1v) is 38.8. The van der Waals surface area contributed by atoms with Crippen LogP contribution in [0.5, 0.6) is 0 Å². The zero-order chi connectivity index (χ0) is 65.5. The van der Waals surface area contributed by atoms with Gasteiger partial charge in [-0.1, -0.05) is 343 Å². The fourth-order valence-corrected chi connectivity index (χ4v) is 15.2. The van der Waals surface area contributed by atoms with Crippen LogP contribution in [0.2, 0.25) is 0 Å². The smallest absolute Gasteiger partial charge is 0.0297 e. The third-order valence-electron chi connectivity index (χ3n) is 27.8. The van der Waals surface area contributed by atoms with Crippen LogP contribution in [0.25, 0.3) is 0 Å². The Morgan fingerprint density at radius 1 is 0.330 bits per heavy atom. The van der Waals surface area contributed by atoms with Gasteiger partial charge >= 0.3 is 0 Å². The molecule has 13 aliphatic rings. The molecule has 13 aliphatic carbocycles. The Kier molecular flexibility index (Phi) is 64.9. The van der Waals surface area contributed by atoms with Gasteiger partial charge in [0.25, 0.3) is 0 Å². The van der Waals surface area contributed by atoms with Gasteiger partial charge < -0.3 is 0 Å². The molecule has 0 heteroatoms. The van der Waals surface area contributed by atoms with Crippen LogP contribution in [0, 0.1) is 150 Å². The van der Waals surface area contributed by atoms with Crippen LogP contribution in [-0.2, 0) is 0 Å². The summed E-state index contributed by atoms with van der Waals surface area (Å²) in [6.45, 7) is 74.5. The van der Waals surface area contributed by atoms with Crippen molar-refractivity contribution in [3.63, 3.8) is 0 Å². The Morgan fingerprint density at radius 3 is 0.680 bits per heavy atom. The number of rotatable bonds is 5. The van der Waals surface area contributed by atoms with Crippen molar-refractivity contribution in [3.05, 3.63) is 0 Å². The second-order valence-corrected chi connectivity index (χ2v) is 40.0. The van der Waals surface area contributed by atoms with Crippen molar-refractivity contribution < 1.29 is 0 Å². The van der Waals surface area contributed by atoms with E-state index >= 15 is 0 Å². The predicted octanol–water partition coefficient (Wildman–Crippen LogP) is 36.8. The predicted molar refractivity (Wildman–Crippen MR) is 469 cm³/mol. The van der Waals surface area contributed by atoms with Crippen LogP contribution in [0.15, 0.2) is 0 Å². The Balaban J connectivity index is -0.0000000914. The van der Waals surface area contributed by atoms with E-state index in [1.807, 2.05) is 0 Å². The Bertz CT molecular complexity index is 1620. The Morgan fingerprint density at radius 2 is 0.649 bits per heavy atom. The lowest BCUT2D eigenvalue weighted by Gasteiger charge is -2.42. The van der Waals surface area contributed by atoms with Crippen molar-refractivity contribution >= 4 is 0 Å². The summed E-state index contributed by atoms with van der Waals surface area (Å²) >= 11 is 0. The molecular formula is C97H216. The molecule has 0 radical (unpaired) electrons. The maximum Gasteiger partial charge on any atom is -0.0297 e. The molecule has 0 aromatic rings. The molecule has 13 fully saturated rings. The summed E-state index contributed by atoms with van der Waals surface area (Å²) in [6.07, 6.45) is 39.8. The van der Waals surface area contributed by atoms with Gasteiger partial charge in [-0.3, -0.25) is 0 Å². The molecule has 13 rings (SSSR count). The van der Waals surface area contributed by atoms with E-state index in [2.05, 4.69) is 222 Å². The van der Waals surface area contributed by atoms with E-state index in [0.29, 0.717) is 32.5 Å². The van der Waals surface area contributed by atoms with Gasteiger partial charge in [-0.15, -0.1) is 0 Å². The van der Waals surface area contributed by atoms with E-state index in [0.717, 1.165) is 106 Å². The van der Waals surface area contributed by atoms with Crippen molar-refractivity contribution in [2.24, 2.45) is 150 Å². The molecule has 604 valence electrons. The first-order valence-electron chi connectivity index (χ1n) is 38.8. The molecule has 0 saturated heterocycles. The largest absolute Gasteiger partial charge is 0.0776 e. The normalized spacial score (nSPS) is 32.0. The highest BCUT2D eigenvalue weighted by molar-refractivity contribution is 5.00. The molecule has 0 bridgehead atoms. The molecule has 0 aromatic heterocycles. The maximum absolute atomic E-state index is 2.44. The van der Waals surface area contributed by atoms with Crippen LogP contribution in [0.3, 0.4) is 0 Å². The van der Waals surface area contributed by atoms with Gasteiger partial charge in [0.05, 0.1) is 0 Å². The second kappa shape index (κ2) is 52.1. The van der Waals surface area contributed by atoms with Gasteiger partial charge in [-0.05, 0) is 291 Å². The Hall–Kier alpha value is 0. The SMILES string of the molecule is C.C.C.C.C.C.C.C.C.C.C.C.CC(C)(C)C(C)(C)C.CC1(C2CC2)CC1.CC1CC(C)(C)C1.CC1CC(C)(C)C1.CC1CC(C)C1C.CC1CCC1(C)C.CC1C[C@H](C)C1C.CCC1(C)CCC1.CCC1CC(C)C1.CCC1CCC1C.C[C@H]1CC1C1CC1.C[C@H]1CCC1(C)C. The van der Waals surface area contributed by atoms with Gasteiger partial charge in [0, 0.05) is 0 Å². The van der Waals surface area contributed by atoms with Crippen molar-refractivity contribution in [1.29, 1.82) is 0 Å². The quantitative estimate of drug-likeness (QED) is 0.257. The molecule has 8 unspecified atom stereocenters. The van der Waals surface area contributed by atoms with E-state index in [1.165, 1.54) is 166 Å². The fourth-order valence-electron chi connectivity index (χ4n) is 15.2. The van der Waals surface area contributed by atoms with Gasteiger partial charge in [0.2, 0.25) is 0 Å². The molecule has 0 nitrogen and oxygen atoms in total. The van der Waals surface area contributed by atoms with E-state index in [9.17, 15) is 0 Å². The summed E-state index contributed by atoms with van der Waals surface area (Å²) in [5.41, 5.74) is 5.25. The molecule has 0 aromatic carbocycles. The third-order valence-corrected chi connectivity index (χ3v) is 27.8. The number of hydrogen-bond donors (Lipinski definition) is 0. The monoisotopic (exact) mass is 1380 g/mol. The highest BCUT2D eigenvalue weighted by Gasteiger charge is 2.49. The minimum atomic E-state index is 0. The summed E-state index contributed by atoms with van der Waals surface area (Å²) in [4.78, 5) is 0. The third kappa shape index (κ3) is 45.9. The average molecular weight is 1380 g/mol. The lowest BCUT2D eigenvalue weighted by Crippen LogP contribution is -2.31. The topological polar surface area (TPSA) is 0 Å². The first kappa shape index (κ1) is 121. The van der Waals surface area contributed by atoms with Crippen molar-refractivity contribution in [1.82, 2.24) is 0 Å². The molecule has 0 heterocycles. The van der Waals surface area contributed by atoms with Crippen LogP contribution in [0.4, 0.5) is 0 Å². The fraction of sp³-hybridized carbons (Fsp3) is 1.00. The van der Waals surface area contributed by atoms with Gasteiger partial charge in [-0.2, -0.15) is 0 Å². The van der Waals surface area contributed by atoms with E-state index in [-0.39, 0.29) is 89.1 Å². The Labute approximate surface area is 630 Å². The summed E-state index contributed by atoms with van der Waals surface area (Å²) in [6, 6.07) is 0. The summed E-state index contributed by atoms with van der Waals surface area (Å²) in [5.74, 6) is 18.9. The first-order chi connectivity index (χ1) is 38.8. The molecule has 11 atom stereocenters. The van der Waals surface area contributed by atoms with Crippen LogP contribution in [0.1, 0.15) is 484 Å². The number of hydrogen-bond acceptors (Lipinski definition) is 0. The summed E-state index contributed by atoms with van der Waals surface area (Å²) in [7, 11) is 0. The van der Waals surface area contributed by atoms with Crippen LogP contribution < -0.4 is 0 Å². The van der Waals surface area contributed by atoms with Gasteiger partial charge in [0.1, 0.15) is 0 Å². The standard InChI is InChI=1S/C8H18.2C7H12.9C7H14.12CH4/c1-7(2,3)8(4,5)6;1-7(4-5-7)6-2-3-6;1-5-4-7(5)6-2-3-6;2*1-6-4-7(2,3)5-6;2*1-6-4-5-7(6,2)3;2*1-5-4-6(2)7(5)3;1-3-7-4-6(2)5-7;1-3-7(2)5-4-6-7;1-3-7-5-4-6(7)2;;;;;;;;;;;;/h1-6H3;6H,2-5H2,1H3;5-7H,2-4H2,1H3;4*6H,4-5H2,1-3H3;2*5-7H,4H2,1-3H3;6-7H,3-5H2,1-2H3;3-6H2,1-2H3;6-7H,3-5H2,1-2H3;12*1H4/t;;5-,7?;;;6-;;5-,6?,7?;;;;;;;;;;;;;;;;/m..0..0.0................/s1. The molecule has 0 N–H and O–H groups in total. The van der Waals surface area contributed by atoms with Gasteiger partial charge in [-0.25, -0.2) is 0 Å². The summed E-state index contributed by atoms with van der Waals surface area (Å²) in [5, 5.41) is 0. The molecule has 13 saturated carbocycles. The van der Waals surface area contributed by atoms with Crippen LogP contribution in [-0.4, -0.2) is 0 Å². The maximum atomic E-state index is 2.44. The minimum absolute atomic E-state index is 0. The molecule has 0 spiro atoms. The second-order valence-electron chi connectivity index (χ2n) is 40.0. The lowest BCUT2D eigenvalue weighted by molar-refractivity contribution is 0.0891. The zero-order valence-corrected chi connectivity index (χ0v) is 65.5. The lowest BCUT2D eigenvalue weighted by atomic mass is 9.64. The molecule has 0 amide bonds. The van der Waals surface area contributed by atoms with E-state index in [1.54, 1.807) is 19.3 Å². The molecule has 97 heavy (non-hydrogen) atoms.